The fourth-order valence-corrected chi connectivity index (χ4v) is 1.77. The van der Waals surface area contributed by atoms with Gasteiger partial charge in [0.1, 0.15) is 11.4 Å². The average Bonchev–Trinajstić information content (AvgIpc) is 2.38. The molecular weight excluding hydrogens is 238 g/mol. The van der Waals surface area contributed by atoms with Crippen molar-refractivity contribution in [2.45, 2.75) is 26.9 Å². The number of carbonyl (C=O) groups is 1. The van der Waals surface area contributed by atoms with E-state index in [2.05, 4.69) is 4.98 Å². The molecule has 0 bridgehead atoms. The minimum Gasteiger partial charge on any atom is -0.491 e. The normalized spacial score (nSPS) is 10.5. The van der Waals surface area contributed by atoms with Crippen LogP contribution in [0.1, 0.15) is 35.6 Å². The van der Waals surface area contributed by atoms with E-state index in [1.807, 2.05) is 45.0 Å². The van der Waals surface area contributed by atoms with Gasteiger partial charge in [0.15, 0.2) is 0 Å². The summed E-state index contributed by atoms with van der Waals surface area (Å²) in [5.41, 5.74) is 1.93. The highest BCUT2D eigenvalue weighted by Crippen LogP contribution is 2.16. The monoisotopic (exact) mass is 255 g/mol. The van der Waals surface area contributed by atoms with Crippen LogP contribution in [0.2, 0.25) is 0 Å². The fraction of sp³-hybridized carbons (Fsp3) is 0.250. The third-order valence-corrected chi connectivity index (χ3v) is 2.61. The number of pyridine rings is 1. The first kappa shape index (κ1) is 13.3. The zero-order chi connectivity index (χ0) is 13.8. The zero-order valence-corrected chi connectivity index (χ0v) is 11.4. The summed E-state index contributed by atoms with van der Waals surface area (Å²) in [6.45, 7) is 5.81. The lowest BCUT2D eigenvalue weighted by Gasteiger charge is -2.09. The molecule has 98 valence electrons. The molecule has 1 aromatic heterocycles. The first-order valence-corrected chi connectivity index (χ1v) is 6.31. The lowest BCUT2D eigenvalue weighted by atomic mass is 10.1. The average molecular weight is 255 g/mol. The van der Waals surface area contributed by atoms with Crippen molar-refractivity contribution in [3.8, 4) is 5.75 Å². The van der Waals surface area contributed by atoms with Crippen molar-refractivity contribution >= 4 is 5.78 Å². The number of aromatic nitrogens is 1. The zero-order valence-electron chi connectivity index (χ0n) is 11.4. The van der Waals surface area contributed by atoms with Gasteiger partial charge in [-0.2, -0.15) is 0 Å². The van der Waals surface area contributed by atoms with Crippen LogP contribution < -0.4 is 4.74 Å². The second-order valence-electron chi connectivity index (χ2n) is 4.68. The molecule has 2 rings (SSSR count). The molecule has 0 unspecified atom stereocenters. The van der Waals surface area contributed by atoms with Crippen LogP contribution in [0.4, 0.5) is 0 Å². The molecule has 19 heavy (non-hydrogen) atoms. The van der Waals surface area contributed by atoms with E-state index < -0.39 is 0 Å². The van der Waals surface area contributed by atoms with Gasteiger partial charge >= 0.3 is 0 Å². The van der Waals surface area contributed by atoms with E-state index in [-0.39, 0.29) is 11.9 Å². The van der Waals surface area contributed by atoms with Crippen molar-refractivity contribution in [1.82, 2.24) is 4.98 Å². The molecule has 0 N–H and O–H groups in total. The van der Waals surface area contributed by atoms with Crippen molar-refractivity contribution in [2.24, 2.45) is 0 Å². The van der Waals surface area contributed by atoms with Gasteiger partial charge in [-0.15, -0.1) is 0 Å². The van der Waals surface area contributed by atoms with Gasteiger partial charge in [0, 0.05) is 11.3 Å². The van der Waals surface area contributed by atoms with Crippen molar-refractivity contribution in [3.63, 3.8) is 0 Å². The highest BCUT2D eigenvalue weighted by atomic mass is 16.5. The smallest absolute Gasteiger partial charge is 0.211 e. The Bertz CT molecular complexity index is 574. The third-order valence-electron chi connectivity index (χ3n) is 2.61. The van der Waals surface area contributed by atoms with Crippen LogP contribution in [0, 0.1) is 6.92 Å². The molecule has 0 radical (unpaired) electrons. The van der Waals surface area contributed by atoms with Crippen molar-refractivity contribution in [2.75, 3.05) is 0 Å². The highest BCUT2D eigenvalue weighted by Gasteiger charge is 2.10. The van der Waals surface area contributed by atoms with Gasteiger partial charge in [0.2, 0.25) is 5.78 Å². The van der Waals surface area contributed by atoms with Gasteiger partial charge in [0.25, 0.3) is 0 Å². The molecule has 0 saturated carbocycles. The van der Waals surface area contributed by atoms with Crippen molar-refractivity contribution in [3.05, 3.63) is 59.4 Å². The van der Waals surface area contributed by atoms with E-state index >= 15 is 0 Å². The number of rotatable bonds is 4. The van der Waals surface area contributed by atoms with E-state index in [9.17, 15) is 4.79 Å². The number of carbonyl (C=O) groups excluding carboxylic acids is 1. The Labute approximate surface area is 113 Å². The van der Waals surface area contributed by atoms with Crippen molar-refractivity contribution < 1.29 is 9.53 Å². The maximum atomic E-state index is 12.2. The van der Waals surface area contributed by atoms with Gasteiger partial charge in [-0.05, 0) is 57.2 Å². The summed E-state index contributed by atoms with van der Waals surface area (Å²) in [5.74, 6) is 0.698. The predicted molar refractivity (Wildman–Crippen MR) is 74.6 cm³/mol. The molecule has 0 fully saturated rings. The lowest BCUT2D eigenvalue weighted by Crippen LogP contribution is -2.07. The van der Waals surface area contributed by atoms with Gasteiger partial charge in [0.05, 0.1) is 6.10 Å². The summed E-state index contributed by atoms with van der Waals surface area (Å²) in [7, 11) is 0. The summed E-state index contributed by atoms with van der Waals surface area (Å²) < 4.78 is 5.55. The number of ketones is 1. The Hall–Kier alpha value is -2.16. The van der Waals surface area contributed by atoms with Crippen LogP contribution in [0.3, 0.4) is 0 Å². The molecule has 3 heteroatoms. The Morgan fingerprint density at radius 3 is 2.37 bits per heavy atom. The molecule has 1 heterocycles. The van der Waals surface area contributed by atoms with Gasteiger partial charge < -0.3 is 4.74 Å². The summed E-state index contributed by atoms with van der Waals surface area (Å²) in [6.07, 6.45) is 0.125. The van der Waals surface area contributed by atoms with Crippen LogP contribution in [0.5, 0.6) is 5.75 Å². The Balaban J connectivity index is 2.20. The number of hydrogen-bond acceptors (Lipinski definition) is 3. The van der Waals surface area contributed by atoms with E-state index in [0.29, 0.717) is 11.3 Å². The molecule has 0 atom stereocenters. The fourth-order valence-electron chi connectivity index (χ4n) is 1.77. The van der Waals surface area contributed by atoms with Crippen LogP contribution in [0.25, 0.3) is 0 Å². The first-order chi connectivity index (χ1) is 9.06. The minimum atomic E-state index is -0.0696. The maximum Gasteiger partial charge on any atom is 0.211 e. The first-order valence-electron chi connectivity index (χ1n) is 6.31. The largest absolute Gasteiger partial charge is 0.491 e. The Morgan fingerprint density at radius 2 is 1.79 bits per heavy atom. The predicted octanol–water partition coefficient (Wildman–Crippen LogP) is 3.41. The molecule has 0 amide bonds. The third kappa shape index (κ3) is 3.41. The SMILES string of the molecule is Cc1cccc(C(=O)c2ccc(OC(C)C)cc2)n1. The molecule has 3 nitrogen and oxygen atoms in total. The lowest BCUT2D eigenvalue weighted by molar-refractivity contribution is 0.103. The molecule has 0 aliphatic rings. The summed E-state index contributed by atoms with van der Waals surface area (Å²) >= 11 is 0. The van der Waals surface area contributed by atoms with Gasteiger partial charge in [-0.1, -0.05) is 6.07 Å². The number of nitrogens with zero attached hydrogens (tertiary/aromatic N) is 1. The standard InChI is InChI=1S/C16H17NO2/c1-11(2)19-14-9-7-13(8-10-14)16(18)15-6-4-5-12(3)17-15/h4-11H,1-3H3. The minimum absolute atomic E-state index is 0.0696. The molecule has 0 aliphatic carbocycles. The van der Waals surface area contributed by atoms with Crippen LogP contribution in [0.15, 0.2) is 42.5 Å². The molecule has 0 saturated heterocycles. The molecule has 2 aromatic rings. The summed E-state index contributed by atoms with van der Waals surface area (Å²) in [5, 5.41) is 0. The van der Waals surface area contributed by atoms with Crippen molar-refractivity contribution in [1.29, 1.82) is 0 Å². The van der Waals surface area contributed by atoms with E-state index in [1.165, 1.54) is 0 Å². The van der Waals surface area contributed by atoms with Crippen LogP contribution in [-0.2, 0) is 0 Å². The quantitative estimate of drug-likeness (QED) is 0.786. The summed E-state index contributed by atoms with van der Waals surface area (Å²) in [4.78, 5) is 16.5. The molecule has 0 spiro atoms. The Morgan fingerprint density at radius 1 is 1.11 bits per heavy atom. The second kappa shape index (κ2) is 5.65. The maximum absolute atomic E-state index is 12.2. The Kier molecular flexibility index (Phi) is 3.95. The summed E-state index contributed by atoms with van der Waals surface area (Å²) in [6, 6.07) is 12.6. The van der Waals surface area contributed by atoms with Crippen LogP contribution >= 0.6 is 0 Å². The number of benzene rings is 1. The molecule has 1 aromatic carbocycles. The molecular formula is C16H17NO2. The van der Waals surface area contributed by atoms with E-state index in [4.69, 9.17) is 4.74 Å². The number of hydrogen-bond donors (Lipinski definition) is 0. The highest BCUT2D eigenvalue weighted by molar-refractivity contribution is 6.07. The number of ether oxygens (including phenoxy) is 1. The topological polar surface area (TPSA) is 39.2 Å². The molecule has 0 aliphatic heterocycles. The van der Waals surface area contributed by atoms with E-state index in [0.717, 1.165) is 11.4 Å². The van der Waals surface area contributed by atoms with E-state index in [1.54, 1.807) is 18.2 Å². The second-order valence-corrected chi connectivity index (χ2v) is 4.68. The van der Waals surface area contributed by atoms with Gasteiger partial charge in [-0.3, -0.25) is 4.79 Å². The van der Waals surface area contributed by atoms with Crippen LogP contribution in [-0.4, -0.2) is 16.9 Å². The number of aryl methyl sites for hydroxylation is 1. The van der Waals surface area contributed by atoms with Gasteiger partial charge in [-0.25, -0.2) is 4.98 Å².